The van der Waals surface area contributed by atoms with Gasteiger partial charge in [-0.25, -0.2) is 4.21 Å². The van der Waals surface area contributed by atoms with Crippen molar-refractivity contribution in [2.45, 2.75) is 6.42 Å². The van der Waals surface area contributed by atoms with Gasteiger partial charge in [0, 0.05) is 12.0 Å². The molecule has 1 aromatic carbocycles. The maximum Gasteiger partial charge on any atom is 0.227 e. The van der Waals surface area contributed by atoms with E-state index < -0.39 is 11.1 Å². The molecule has 0 aliphatic heterocycles. The Hall–Kier alpha value is -1.53. The number of rotatable bonds is 4. The Kier molecular flexibility index (Phi) is 3.43. The molecule has 0 amide bonds. The van der Waals surface area contributed by atoms with Crippen molar-refractivity contribution in [1.29, 1.82) is 0 Å². The Balaban J connectivity index is 2.11. The highest BCUT2D eigenvalue weighted by Gasteiger charge is 2.08. The number of nitrogens with zero attached hydrogens (tertiary/aromatic N) is 2. The Morgan fingerprint density at radius 3 is 2.75 bits per heavy atom. The Morgan fingerprint density at radius 1 is 1.31 bits per heavy atom. The molecule has 0 spiro atoms. The summed E-state index contributed by atoms with van der Waals surface area (Å²) in [7, 11) is 0. The van der Waals surface area contributed by atoms with Gasteiger partial charge in [0.2, 0.25) is 11.7 Å². The van der Waals surface area contributed by atoms with Gasteiger partial charge in [0.15, 0.2) is 11.1 Å². The normalized spacial score (nSPS) is 12.6. The standard InChI is InChI=1S/C10H10N2O3S/c13-16(14)7-6-9-11-10(12-15-9)8-4-2-1-3-5-8/h1-5H,6-7H2,(H,13,14). The topological polar surface area (TPSA) is 76.2 Å². The van der Waals surface area contributed by atoms with E-state index in [0.717, 1.165) is 5.56 Å². The molecule has 2 aromatic rings. The van der Waals surface area contributed by atoms with E-state index in [-0.39, 0.29) is 5.75 Å². The molecule has 0 saturated heterocycles. The minimum atomic E-state index is -1.83. The molecule has 6 heteroatoms. The van der Waals surface area contributed by atoms with Crippen LogP contribution >= 0.6 is 0 Å². The molecule has 16 heavy (non-hydrogen) atoms. The molecule has 0 radical (unpaired) electrons. The van der Waals surface area contributed by atoms with Gasteiger partial charge in [0.25, 0.3) is 0 Å². The largest absolute Gasteiger partial charge is 0.339 e. The highest BCUT2D eigenvalue weighted by molar-refractivity contribution is 7.79. The third kappa shape index (κ3) is 2.74. The molecule has 0 aliphatic rings. The number of benzene rings is 1. The maximum absolute atomic E-state index is 10.5. The highest BCUT2D eigenvalue weighted by Crippen LogP contribution is 2.14. The maximum atomic E-state index is 10.5. The Bertz CT molecular complexity index is 484. The zero-order chi connectivity index (χ0) is 11.4. The summed E-state index contributed by atoms with van der Waals surface area (Å²) in [5.41, 5.74) is 0.864. The summed E-state index contributed by atoms with van der Waals surface area (Å²) in [4.78, 5) is 4.13. The summed E-state index contributed by atoms with van der Waals surface area (Å²) in [6, 6.07) is 9.42. The fraction of sp³-hybridized carbons (Fsp3) is 0.200. The first kappa shape index (κ1) is 11.0. The molecule has 0 aliphatic carbocycles. The molecular formula is C10H10N2O3S. The van der Waals surface area contributed by atoms with Crippen molar-refractivity contribution >= 4 is 11.1 Å². The Morgan fingerprint density at radius 2 is 2.06 bits per heavy atom. The third-order valence-corrected chi connectivity index (χ3v) is 2.54. The number of hydrogen-bond acceptors (Lipinski definition) is 4. The van der Waals surface area contributed by atoms with Crippen molar-refractivity contribution in [2.75, 3.05) is 5.75 Å². The van der Waals surface area contributed by atoms with Gasteiger partial charge in [-0.05, 0) is 0 Å². The van der Waals surface area contributed by atoms with Crippen LogP contribution in [0.5, 0.6) is 0 Å². The van der Waals surface area contributed by atoms with Crippen LogP contribution in [0.4, 0.5) is 0 Å². The third-order valence-electron chi connectivity index (χ3n) is 1.99. The van der Waals surface area contributed by atoms with E-state index in [1.807, 2.05) is 30.3 Å². The van der Waals surface area contributed by atoms with Crippen LogP contribution in [0.1, 0.15) is 5.89 Å². The predicted molar refractivity (Wildman–Crippen MR) is 59.1 cm³/mol. The molecule has 5 nitrogen and oxygen atoms in total. The summed E-state index contributed by atoms with van der Waals surface area (Å²) < 4.78 is 24.1. The first-order valence-electron chi connectivity index (χ1n) is 4.71. The summed E-state index contributed by atoms with van der Waals surface area (Å²) in [6.07, 6.45) is 0.308. The SMILES string of the molecule is O=S(O)CCc1nc(-c2ccccc2)no1. The van der Waals surface area contributed by atoms with Crippen LogP contribution in [0.2, 0.25) is 0 Å². The molecule has 1 N–H and O–H groups in total. The minimum Gasteiger partial charge on any atom is -0.339 e. The van der Waals surface area contributed by atoms with Crippen molar-refractivity contribution in [3.63, 3.8) is 0 Å². The highest BCUT2D eigenvalue weighted by atomic mass is 32.2. The van der Waals surface area contributed by atoms with E-state index in [0.29, 0.717) is 18.1 Å². The van der Waals surface area contributed by atoms with Gasteiger partial charge in [0.1, 0.15) is 0 Å². The van der Waals surface area contributed by atoms with Crippen LogP contribution in [-0.4, -0.2) is 24.7 Å². The summed E-state index contributed by atoms with van der Waals surface area (Å²) in [5, 5.41) is 3.80. The lowest BCUT2D eigenvalue weighted by Gasteiger charge is -1.90. The summed E-state index contributed by atoms with van der Waals surface area (Å²) in [5.74, 6) is 0.983. The summed E-state index contributed by atoms with van der Waals surface area (Å²) in [6.45, 7) is 0. The lowest BCUT2D eigenvalue weighted by Crippen LogP contribution is -1.99. The molecule has 0 bridgehead atoms. The lowest BCUT2D eigenvalue weighted by molar-refractivity contribution is 0.382. The Labute approximate surface area is 94.8 Å². The zero-order valence-corrected chi connectivity index (χ0v) is 9.18. The molecule has 1 unspecified atom stereocenters. The van der Waals surface area contributed by atoms with E-state index in [1.54, 1.807) is 0 Å². The van der Waals surface area contributed by atoms with Gasteiger partial charge in [-0.2, -0.15) is 4.98 Å². The van der Waals surface area contributed by atoms with Crippen LogP contribution in [0.25, 0.3) is 11.4 Å². The van der Waals surface area contributed by atoms with Gasteiger partial charge < -0.3 is 9.08 Å². The molecule has 0 fully saturated rings. The van der Waals surface area contributed by atoms with Crippen LogP contribution < -0.4 is 0 Å². The second-order valence-corrected chi connectivity index (χ2v) is 4.20. The molecular weight excluding hydrogens is 228 g/mol. The average Bonchev–Trinajstić information content (AvgIpc) is 2.76. The quantitative estimate of drug-likeness (QED) is 0.817. The molecule has 2 rings (SSSR count). The number of aromatic nitrogens is 2. The average molecular weight is 238 g/mol. The van der Waals surface area contributed by atoms with Crippen molar-refractivity contribution in [3.05, 3.63) is 36.2 Å². The van der Waals surface area contributed by atoms with Crippen LogP contribution in [0.3, 0.4) is 0 Å². The lowest BCUT2D eigenvalue weighted by atomic mass is 10.2. The first-order chi connectivity index (χ1) is 7.75. The number of aryl methyl sites for hydroxylation is 1. The monoisotopic (exact) mass is 238 g/mol. The van der Waals surface area contributed by atoms with Gasteiger partial charge >= 0.3 is 0 Å². The van der Waals surface area contributed by atoms with Crippen LogP contribution in [0, 0.1) is 0 Å². The van der Waals surface area contributed by atoms with E-state index >= 15 is 0 Å². The number of hydrogen-bond donors (Lipinski definition) is 1. The van der Waals surface area contributed by atoms with E-state index in [1.165, 1.54) is 0 Å². The predicted octanol–water partition coefficient (Wildman–Crippen LogP) is 1.50. The smallest absolute Gasteiger partial charge is 0.227 e. The summed E-state index contributed by atoms with van der Waals surface area (Å²) >= 11 is -1.83. The first-order valence-corrected chi connectivity index (χ1v) is 5.99. The van der Waals surface area contributed by atoms with E-state index in [4.69, 9.17) is 9.08 Å². The second-order valence-electron chi connectivity index (χ2n) is 3.15. The van der Waals surface area contributed by atoms with Crippen molar-refractivity contribution in [1.82, 2.24) is 10.1 Å². The fourth-order valence-corrected chi connectivity index (χ4v) is 1.58. The van der Waals surface area contributed by atoms with Crippen LogP contribution in [-0.2, 0) is 17.5 Å². The van der Waals surface area contributed by atoms with Gasteiger partial charge in [0.05, 0.1) is 5.75 Å². The van der Waals surface area contributed by atoms with Crippen molar-refractivity contribution in [3.8, 4) is 11.4 Å². The molecule has 1 aromatic heterocycles. The van der Waals surface area contributed by atoms with Gasteiger partial charge in [-0.1, -0.05) is 35.5 Å². The van der Waals surface area contributed by atoms with Crippen molar-refractivity contribution < 1.29 is 13.3 Å². The van der Waals surface area contributed by atoms with Gasteiger partial charge in [-0.3, -0.25) is 0 Å². The molecule has 1 heterocycles. The van der Waals surface area contributed by atoms with Crippen LogP contribution in [0.15, 0.2) is 34.9 Å². The minimum absolute atomic E-state index is 0.108. The molecule has 84 valence electrons. The van der Waals surface area contributed by atoms with E-state index in [9.17, 15) is 4.21 Å². The van der Waals surface area contributed by atoms with E-state index in [2.05, 4.69) is 10.1 Å². The second kappa shape index (κ2) is 5.00. The fourth-order valence-electron chi connectivity index (χ4n) is 1.24. The molecule has 1 atom stereocenters. The van der Waals surface area contributed by atoms with Crippen molar-refractivity contribution in [2.24, 2.45) is 0 Å². The van der Waals surface area contributed by atoms with Gasteiger partial charge in [-0.15, -0.1) is 0 Å². The molecule has 0 saturated carbocycles. The zero-order valence-electron chi connectivity index (χ0n) is 8.37.